The van der Waals surface area contributed by atoms with Crippen LogP contribution in [0.1, 0.15) is 0 Å². The van der Waals surface area contributed by atoms with Crippen LogP contribution < -0.4 is 0 Å². The van der Waals surface area contributed by atoms with Gasteiger partial charge in [-0.15, -0.1) is 0 Å². The second kappa shape index (κ2) is 2.71. The van der Waals surface area contributed by atoms with E-state index in [1.807, 2.05) is 0 Å². The van der Waals surface area contributed by atoms with Gasteiger partial charge in [0.15, 0.2) is 0 Å². The third-order valence-corrected chi connectivity index (χ3v) is 2.28. The van der Waals surface area contributed by atoms with Crippen molar-refractivity contribution in [1.82, 2.24) is 9.97 Å². The van der Waals surface area contributed by atoms with Crippen molar-refractivity contribution < 1.29 is 4.39 Å². The minimum absolute atomic E-state index is 0.266. The Morgan fingerprint density at radius 3 is 3.00 bits per heavy atom. The molecule has 0 spiro atoms. The van der Waals surface area contributed by atoms with Crippen molar-refractivity contribution >= 4 is 38.6 Å². The molecule has 5 heteroatoms. The van der Waals surface area contributed by atoms with Gasteiger partial charge in [-0.05, 0) is 33.6 Å². The minimum atomic E-state index is -0.331. The quantitative estimate of drug-likeness (QED) is 0.763. The first-order valence-electron chi connectivity index (χ1n) is 3.17. The van der Waals surface area contributed by atoms with Crippen LogP contribution in [0, 0.1) is 5.82 Å². The summed E-state index contributed by atoms with van der Waals surface area (Å²) < 4.78 is 13.3. The van der Waals surface area contributed by atoms with Gasteiger partial charge in [0, 0.05) is 6.07 Å². The summed E-state index contributed by atoms with van der Waals surface area (Å²) in [4.78, 5) is 6.65. The molecule has 0 radical (unpaired) electrons. The van der Waals surface area contributed by atoms with Crippen molar-refractivity contribution in [3.05, 3.63) is 27.7 Å². The highest BCUT2D eigenvalue weighted by molar-refractivity contribution is 9.10. The summed E-state index contributed by atoms with van der Waals surface area (Å²) in [5.74, 6) is -0.331. The van der Waals surface area contributed by atoms with Crippen molar-refractivity contribution in [3.8, 4) is 0 Å². The molecule has 0 unspecified atom stereocenters. The van der Waals surface area contributed by atoms with Crippen molar-refractivity contribution in [2.75, 3.05) is 0 Å². The van der Waals surface area contributed by atoms with E-state index < -0.39 is 0 Å². The molecule has 0 atom stereocenters. The number of benzene rings is 1. The Kier molecular flexibility index (Phi) is 1.81. The molecule has 2 aromatic rings. The summed E-state index contributed by atoms with van der Waals surface area (Å²) in [5.41, 5.74) is 1.24. The third kappa shape index (κ3) is 1.21. The highest BCUT2D eigenvalue weighted by Gasteiger charge is 2.05. The molecule has 0 amide bonds. The van der Waals surface area contributed by atoms with E-state index in [-0.39, 0.29) is 11.1 Å². The summed E-state index contributed by atoms with van der Waals surface area (Å²) >= 11 is 8.64. The summed E-state index contributed by atoms with van der Waals surface area (Å²) in [5, 5.41) is 0.266. The van der Waals surface area contributed by atoms with E-state index in [1.165, 1.54) is 6.07 Å². The Morgan fingerprint density at radius 1 is 1.50 bits per heavy atom. The zero-order chi connectivity index (χ0) is 8.72. The number of hydrogen-bond acceptors (Lipinski definition) is 1. The van der Waals surface area contributed by atoms with Crippen LogP contribution in [0.15, 0.2) is 16.6 Å². The number of hydrogen-bond donors (Lipinski definition) is 1. The van der Waals surface area contributed by atoms with Crippen molar-refractivity contribution in [2.24, 2.45) is 0 Å². The predicted molar refractivity (Wildman–Crippen MR) is 48.8 cm³/mol. The van der Waals surface area contributed by atoms with E-state index in [1.54, 1.807) is 6.07 Å². The van der Waals surface area contributed by atoms with Crippen LogP contribution >= 0.6 is 27.5 Å². The molecule has 2 nitrogen and oxygen atoms in total. The van der Waals surface area contributed by atoms with Gasteiger partial charge in [-0.2, -0.15) is 0 Å². The average molecular weight is 249 g/mol. The Morgan fingerprint density at radius 2 is 2.25 bits per heavy atom. The lowest BCUT2D eigenvalue weighted by Gasteiger charge is -1.92. The molecule has 0 saturated heterocycles. The van der Waals surface area contributed by atoms with Gasteiger partial charge in [-0.1, -0.05) is 0 Å². The normalized spacial score (nSPS) is 10.9. The van der Waals surface area contributed by atoms with Crippen LogP contribution in [0.25, 0.3) is 11.0 Å². The fourth-order valence-electron chi connectivity index (χ4n) is 0.974. The van der Waals surface area contributed by atoms with Crippen LogP contribution in [0.4, 0.5) is 4.39 Å². The Hall–Kier alpha value is -0.610. The third-order valence-electron chi connectivity index (χ3n) is 1.50. The van der Waals surface area contributed by atoms with Gasteiger partial charge in [0.1, 0.15) is 5.82 Å². The van der Waals surface area contributed by atoms with Gasteiger partial charge in [0.2, 0.25) is 5.28 Å². The second-order valence-corrected chi connectivity index (χ2v) is 3.52. The zero-order valence-electron chi connectivity index (χ0n) is 5.74. The van der Waals surface area contributed by atoms with Crippen molar-refractivity contribution in [1.29, 1.82) is 0 Å². The molecule has 1 aromatic carbocycles. The van der Waals surface area contributed by atoms with Crippen molar-refractivity contribution in [2.45, 2.75) is 0 Å². The fourth-order valence-corrected chi connectivity index (χ4v) is 1.50. The highest BCUT2D eigenvalue weighted by atomic mass is 79.9. The minimum Gasteiger partial charge on any atom is -0.328 e. The van der Waals surface area contributed by atoms with Crippen molar-refractivity contribution in [3.63, 3.8) is 0 Å². The lowest BCUT2D eigenvalue weighted by molar-refractivity contribution is 0.623. The molecular weight excluding hydrogens is 246 g/mol. The van der Waals surface area contributed by atoms with Gasteiger partial charge in [0.25, 0.3) is 0 Å². The molecule has 0 aliphatic heterocycles. The molecule has 62 valence electrons. The molecule has 12 heavy (non-hydrogen) atoms. The van der Waals surface area contributed by atoms with Crippen LogP contribution in [0.5, 0.6) is 0 Å². The zero-order valence-corrected chi connectivity index (χ0v) is 8.08. The summed E-state index contributed by atoms with van der Waals surface area (Å²) in [6.07, 6.45) is 0. The molecule has 1 aromatic heterocycles. The smallest absolute Gasteiger partial charge is 0.201 e. The molecule has 1 N–H and O–H groups in total. The Balaban J connectivity index is 2.83. The molecule has 0 bridgehead atoms. The SMILES string of the molecule is Fc1cc2[nH]c(Cl)nc2cc1Br. The predicted octanol–water partition coefficient (Wildman–Crippen LogP) is 3.12. The van der Waals surface area contributed by atoms with E-state index in [0.717, 1.165) is 0 Å². The number of halogens is 3. The number of rotatable bonds is 0. The van der Waals surface area contributed by atoms with Crippen LogP contribution in [-0.4, -0.2) is 9.97 Å². The summed E-state index contributed by atoms with van der Waals surface area (Å²) in [7, 11) is 0. The van der Waals surface area contributed by atoms with Gasteiger partial charge < -0.3 is 4.98 Å². The van der Waals surface area contributed by atoms with Gasteiger partial charge in [0.05, 0.1) is 15.5 Å². The van der Waals surface area contributed by atoms with E-state index in [9.17, 15) is 4.39 Å². The molecule has 1 heterocycles. The highest BCUT2D eigenvalue weighted by Crippen LogP contribution is 2.22. The molecule has 0 saturated carbocycles. The molecule has 0 aliphatic rings. The number of H-pyrrole nitrogens is 1. The first kappa shape index (κ1) is 8.01. The maximum absolute atomic E-state index is 12.9. The Bertz CT molecular complexity index is 401. The van der Waals surface area contributed by atoms with E-state index in [2.05, 4.69) is 25.9 Å². The number of aromatic nitrogens is 2. The maximum Gasteiger partial charge on any atom is 0.201 e. The first-order chi connectivity index (χ1) is 5.66. The fraction of sp³-hybridized carbons (Fsp3) is 0. The van der Waals surface area contributed by atoms with Gasteiger partial charge in [-0.25, -0.2) is 9.37 Å². The standard InChI is InChI=1S/C7H3BrClFN2/c8-3-1-5-6(2-4(3)10)12-7(9)11-5/h1-2H,(H,11,12). The topological polar surface area (TPSA) is 28.7 Å². The summed E-state index contributed by atoms with van der Waals surface area (Å²) in [6.45, 7) is 0. The lowest BCUT2D eigenvalue weighted by atomic mass is 10.3. The molecular formula is C7H3BrClFN2. The van der Waals surface area contributed by atoms with Gasteiger partial charge in [-0.3, -0.25) is 0 Å². The van der Waals surface area contributed by atoms with Crippen LogP contribution in [0.3, 0.4) is 0 Å². The number of imidazole rings is 1. The monoisotopic (exact) mass is 248 g/mol. The number of nitrogens with zero attached hydrogens (tertiary/aromatic N) is 1. The second-order valence-electron chi connectivity index (χ2n) is 2.31. The number of nitrogens with one attached hydrogen (secondary N) is 1. The first-order valence-corrected chi connectivity index (χ1v) is 4.34. The average Bonchev–Trinajstić information content (AvgIpc) is 2.30. The van der Waals surface area contributed by atoms with E-state index >= 15 is 0 Å². The van der Waals surface area contributed by atoms with Crippen LogP contribution in [-0.2, 0) is 0 Å². The van der Waals surface area contributed by atoms with Crippen LogP contribution in [0.2, 0.25) is 5.28 Å². The van der Waals surface area contributed by atoms with E-state index in [4.69, 9.17) is 11.6 Å². The lowest BCUT2D eigenvalue weighted by Crippen LogP contribution is -1.77. The molecule has 2 rings (SSSR count). The van der Waals surface area contributed by atoms with Gasteiger partial charge >= 0.3 is 0 Å². The largest absolute Gasteiger partial charge is 0.328 e. The number of fused-ring (bicyclic) bond motifs is 1. The van der Waals surface area contributed by atoms with E-state index in [0.29, 0.717) is 15.5 Å². The molecule has 0 fully saturated rings. The maximum atomic E-state index is 12.9. The molecule has 0 aliphatic carbocycles. The summed E-state index contributed by atoms with van der Waals surface area (Å²) in [6, 6.07) is 2.92. The Labute approximate surface area is 80.9 Å². The number of aromatic amines is 1.